The molecule has 4 rings (SSSR count). The van der Waals surface area contributed by atoms with E-state index >= 15 is 0 Å². The minimum absolute atomic E-state index is 0. The summed E-state index contributed by atoms with van der Waals surface area (Å²) in [4.78, 5) is 23.4. The van der Waals surface area contributed by atoms with Crippen molar-refractivity contribution in [3.63, 3.8) is 0 Å². The SMILES string of the molecule is CSc1cccc2sc(N(CCN(C)C)C(=O)c3ccc(S(=O)(=O)N4CCCCC4)cc3)nc12.Cl. The third-order valence-electron chi connectivity index (χ3n) is 5.89. The molecule has 7 nitrogen and oxygen atoms in total. The average Bonchev–Trinajstić information content (AvgIpc) is 3.28. The second-order valence-corrected chi connectivity index (χ2v) is 12.3. The number of piperidine rings is 1. The molecule has 1 fully saturated rings. The number of carbonyl (C=O) groups excluding carboxylic acids is 1. The van der Waals surface area contributed by atoms with E-state index in [9.17, 15) is 13.2 Å². The monoisotopic (exact) mass is 554 g/mol. The van der Waals surface area contributed by atoms with Crippen LogP contribution >= 0.6 is 35.5 Å². The summed E-state index contributed by atoms with van der Waals surface area (Å²) in [6.07, 6.45) is 4.85. The molecule has 0 bridgehead atoms. The highest BCUT2D eigenvalue weighted by molar-refractivity contribution is 7.98. The Labute approximate surface area is 222 Å². The summed E-state index contributed by atoms with van der Waals surface area (Å²) in [7, 11) is 0.396. The quantitative estimate of drug-likeness (QED) is 0.372. The Morgan fingerprint density at radius 3 is 2.37 bits per heavy atom. The Bertz CT molecular complexity index is 1260. The fraction of sp³-hybridized carbons (Fsp3) is 0.417. The van der Waals surface area contributed by atoms with Crippen molar-refractivity contribution in [2.45, 2.75) is 29.1 Å². The first-order chi connectivity index (χ1) is 16.3. The summed E-state index contributed by atoms with van der Waals surface area (Å²) >= 11 is 3.13. The number of thiazole rings is 1. The van der Waals surface area contributed by atoms with E-state index in [4.69, 9.17) is 4.98 Å². The van der Waals surface area contributed by atoms with Crippen LogP contribution in [0.4, 0.5) is 5.13 Å². The second kappa shape index (κ2) is 12.0. The molecule has 1 aliphatic rings. The number of rotatable bonds is 8. The zero-order chi connectivity index (χ0) is 24.3. The molecule has 2 aromatic carbocycles. The van der Waals surface area contributed by atoms with Crippen LogP contribution in [0.2, 0.25) is 0 Å². The second-order valence-electron chi connectivity index (χ2n) is 8.55. The smallest absolute Gasteiger partial charge is 0.260 e. The Hall–Kier alpha value is -1.69. The van der Waals surface area contributed by atoms with Gasteiger partial charge in [-0.2, -0.15) is 4.31 Å². The fourth-order valence-corrected chi connectivity index (χ4v) is 7.12. The zero-order valence-corrected chi connectivity index (χ0v) is 23.4. The van der Waals surface area contributed by atoms with Crippen LogP contribution in [0.25, 0.3) is 10.2 Å². The molecule has 1 aliphatic heterocycles. The molecular weight excluding hydrogens is 524 g/mol. The lowest BCUT2D eigenvalue weighted by Crippen LogP contribution is -2.37. The number of para-hydroxylation sites is 1. The van der Waals surface area contributed by atoms with Gasteiger partial charge in [-0.25, -0.2) is 13.4 Å². The van der Waals surface area contributed by atoms with Gasteiger partial charge in [-0.15, -0.1) is 24.2 Å². The molecule has 0 radical (unpaired) electrons. The molecule has 0 spiro atoms. The summed E-state index contributed by atoms with van der Waals surface area (Å²) in [5.41, 5.74) is 1.35. The maximum Gasteiger partial charge on any atom is 0.260 e. The summed E-state index contributed by atoms with van der Waals surface area (Å²) in [6.45, 7) is 2.26. The average molecular weight is 555 g/mol. The van der Waals surface area contributed by atoms with Gasteiger partial charge in [0.2, 0.25) is 10.0 Å². The first-order valence-electron chi connectivity index (χ1n) is 11.3. The minimum atomic E-state index is -3.53. The van der Waals surface area contributed by atoms with Gasteiger partial charge in [0.15, 0.2) is 5.13 Å². The number of nitrogens with zero attached hydrogens (tertiary/aromatic N) is 4. The minimum Gasteiger partial charge on any atom is -0.308 e. The van der Waals surface area contributed by atoms with Crippen LogP contribution in [-0.2, 0) is 10.0 Å². The van der Waals surface area contributed by atoms with E-state index in [1.54, 1.807) is 45.2 Å². The highest BCUT2D eigenvalue weighted by atomic mass is 35.5. The largest absolute Gasteiger partial charge is 0.308 e. The molecule has 1 saturated heterocycles. The number of hydrogen-bond donors (Lipinski definition) is 0. The highest BCUT2D eigenvalue weighted by Gasteiger charge is 2.27. The summed E-state index contributed by atoms with van der Waals surface area (Å²) in [5.74, 6) is -0.187. The Morgan fingerprint density at radius 2 is 1.74 bits per heavy atom. The Balaban J connectivity index is 0.00000342. The molecular formula is C24H31ClN4O3S3. The van der Waals surface area contributed by atoms with E-state index in [0.717, 1.165) is 34.4 Å². The van der Waals surface area contributed by atoms with E-state index in [1.807, 2.05) is 43.5 Å². The van der Waals surface area contributed by atoms with Gasteiger partial charge < -0.3 is 4.90 Å². The topological polar surface area (TPSA) is 73.8 Å². The lowest BCUT2D eigenvalue weighted by atomic mass is 10.2. The number of anilines is 1. The van der Waals surface area contributed by atoms with Crippen LogP contribution in [0.5, 0.6) is 0 Å². The van der Waals surface area contributed by atoms with Crippen molar-refractivity contribution < 1.29 is 13.2 Å². The summed E-state index contributed by atoms with van der Waals surface area (Å²) in [6, 6.07) is 12.4. The van der Waals surface area contributed by atoms with E-state index in [2.05, 4.69) is 0 Å². The van der Waals surface area contributed by atoms with E-state index < -0.39 is 10.0 Å². The third kappa shape index (κ3) is 6.18. The molecule has 35 heavy (non-hydrogen) atoms. The fourth-order valence-electron chi connectivity index (χ4n) is 3.96. The van der Waals surface area contributed by atoms with Crippen LogP contribution in [-0.4, -0.2) is 75.0 Å². The van der Waals surface area contributed by atoms with Crippen molar-refractivity contribution in [3.05, 3.63) is 48.0 Å². The molecule has 0 atom stereocenters. The van der Waals surface area contributed by atoms with Gasteiger partial charge in [-0.3, -0.25) is 9.69 Å². The van der Waals surface area contributed by atoms with E-state index in [-0.39, 0.29) is 23.2 Å². The number of likely N-dealkylation sites (N-methyl/N-ethyl adjacent to an activating group) is 1. The van der Waals surface area contributed by atoms with Gasteiger partial charge in [-0.1, -0.05) is 23.8 Å². The van der Waals surface area contributed by atoms with Gasteiger partial charge in [0.25, 0.3) is 5.91 Å². The van der Waals surface area contributed by atoms with Crippen LogP contribution in [0.15, 0.2) is 52.3 Å². The lowest BCUT2D eigenvalue weighted by molar-refractivity contribution is 0.0985. The van der Waals surface area contributed by atoms with Crippen LogP contribution in [0, 0.1) is 0 Å². The van der Waals surface area contributed by atoms with Crippen molar-refractivity contribution in [1.29, 1.82) is 0 Å². The number of benzene rings is 2. The summed E-state index contributed by atoms with van der Waals surface area (Å²) < 4.78 is 28.5. The number of aromatic nitrogens is 1. The van der Waals surface area contributed by atoms with Crippen molar-refractivity contribution in [3.8, 4) is 0 Å². The molecule has 2 heterocycles. The van der Waals surface area contributed by atoms with Crippen LogP contribution in [0.3, 0.4) is 0 Å². The van der Waals surface area contributed by atoms with Gasteiger partial charge in [0, 0.05) is 36.6 Å². The number of fused-ring (bicyclic) bond motifs is 1. The van der Waals surface area contributed by atoms with Gasteiger partial charge in [-0.05, 0) is 69.6 Å². The van der Waals surface area contributed by atoms with Crippen LogP contribution < -0.4 is 4.90 Å². The molecule has 3 aromatic rings. The summed E-state index contributed by atoms with van der Waals surface area (Å²) in [5, 5.41) is 0.647. The van der Waals surface area contributed by atoms with Gasteiger partial charge in [0.05, 0.1) is 15.1 Å². The zero-order valence-electron chi connectivity index (χ0n) is 20.1. The number of amides is 1. The van der Waals surface area contributed by atoms with Crippen molar-refractivity contribution >= 4 is 66.8 Å². The number of thioether (sulfide) groups is 1. The number of carbonyl (C=O) groups is 1. The molecule has 190 valence electrons. The maximum atomic E-state index is 13.6. The molecule has 1 aromatic heterocycles. The Kier molecular flexibility index (Phi) is 9.59. The number of hydrogen-bond acceptors (Lipinski definition) is 7. The van der Waals surface area contributed by atoms with Gasteiger partial charge in [0.1, 0.15) is 0 Å². The number of sulfonamides is 1. The first kappa shape index (κ1) is 27.9. The van der Waals surface area contributed by atoms with Crippen molar-refractivity contribution in [2.75, 3.05) is 51.4 Å². The standard InChI is InChI=1S/C24H30N4O3S3.ClH/c1-26(2)16-17-28(24-25-22-20(32-3)8-7-9-21(22)33-24)23(29)18-10-12-19(13-11-18)34(30,31)27-14-5-4-6-15-27;/h7-13H,4-6,14-17H2,1-3H3;1H. The predicted octanol–water partition coefficient (Wildman–Crippen LogP) is 4.82. The number of halogens is 1. The third-order valence-corrected chi connectivity index (χ3v) is 9.62. The molecule has 0 unspecified atom stereocenters. The van der Waals surface area contributed by atoms with Crippen molar-refractivity contribution in [1.82, 2.24) is 14.2 Å². The molecule has 0 N–H and O–H groups in total. The van der Waals surface area contributed by atoms with Crippen molar-refractivity contribution in [2.24, 2.45) is 0 Å². The van der Waals surface area contributed by atoms with E-state index in [0.29, 0.717) is 36.9 Å². The van der Waals surface area contributed by atoms with E-state index in [1.165, 1.54) is 11.3 Å². The van der Waals surface area contributed by atoms with Gasteiger partial charge >= 0.3 is 0 Å². The van der Waals surface area contributed by atoms with Crippen LogP contribution in [0.1, 0.15) is 29.6 Å². The molecule has 0 aliphatic carbocycles. The normalized spacial score (nSPS) is 14.7. The molecule has 11 heteroatoms. The first-order valence-corrected chi connectivity index (χ1v) is 14.8. The molecule has 1 amide bonds. The molecule has 0 saturated carbocycles. The lowest BCUT2D eigenvalue weighted by Gasteiger charge is -2.26. The maximum absolute atomic E-state index is 13.6. The predicted molar refractivity (Wildman–Crippen MR) is 148 cm³/mol. The Morgan fingerprint density at radius 1 is 1.06 bits per heavy atom. The highest BCUT2D eigenvalue weighted by Crippen LogP contribution is 2.34.